The number of rotatable bonds is 4. The van der Waals surface area contributed by atoms with E-state index in [9.17, 15) is 14.7 Å². The summed E-state index contributed by atoms with van der Waals surface area (Å²) in [5, 5.41) is 9.31. The zero-order valence-electron chi connectivity index (χ0n) is 16.2. The molecule has 2 aromatic carbocycles. The van der Waals surface area contributed by atoms with Gasteiger partial charge >= 0.3 is 5.97 Å². The first-order valence-electron chi connectivity index (χ1n) is 9.67. The summed E-state index contributed by atoms with van der Waals surface area (Å²) in [6.07, 6.45) is 2.93. The fourth-order valence-electron chi connectivity index (χ4n) is 3.64. The van der Waals surface area contributed by atoms with Gasteiger partial charge in [-0.2, -0.15) is 0 Å². The number of carbonyl (C=O) groups excluding carboxylic acids is 1. The third-order valence-corrected chi connectivity index (χ3v) is 5.29. The van der Waals surface area contributed by atoms with Crippen LogP contribution in [0.4, 0.5) is 0 Å². The van der Waals surface area contributed by atoms with Crippen molar-refractivity contribution in [1.29, 1.82) is 0 Å². The van der Waals surface area contributed by atoms with Crippen molar-refractivity contribution >= 4 is 11.9 Å². The molecule has 1 amide bonds. The zero-order valence-corrected chi connectivity index (χ0v) is 16.2. The lowest BCUT2D eigenvalue weighted by atomic mass is 9.97. The second-order valence-corrected chi connectivity index (χ2v) is 7.37. The molecule has 4 rings (SSSR count). The van der Waals surface area contributed by atoms with E-state index in [1.807, 2.05) is 37.3 Å². The van der Waals surface area contributed by atoms with Gasteiger partial charge in [0.25, 0.3) is 5.91 Å². The van der Waals surface area contributed by atoms with Crippen molar-refractivity contribution < 1.29 is 19.1 Å². The standard InChI is InChI=1S/C23H22N2O4/c1-15-8-10-16(11-9-15)20-13-24-21(29-20)18-6-2-3-7-19(18)22(26)25-12-4-5-17(14-25)23(27)28/h2-3,6-11,13,17H,4-5,12,14H2,1H3,(H,27,28)/t17-/m0/s1. The van der Waals surface area contributed by atoms with Crippen LogP contribution in [-0.2, 0) is 4.79 Å². The van der Waals surface area contributed by atoms with E-state index in [1.165, 1.54) is 0 Å². The van der Waals surface area contributed by atoms with Crippen molar-refractivity contribution in [2.75, 3.05) is 13.1 Å². The van der Waals surface area contributed by atoms with Gasteiger partial charge in [-0.1, -0.05) is 42.0 Å². The molecule has 0 radical (unpaired) electrons. The number of aromatic nitrogens is 1. The summed E-state index contributed by atoms with van der Waals surface area (Å²) in [5.41, 5.74) is 3.15. The topological polar surface area (TPSA) is 83.6 Å². The molecule has 1 atom stereocenters. The first-order valence-corrected chi connectivity index (χ1v) is 9.67. The molecule has 3 aromatic rings. The Labute approximate surface area is 168 Å². The summed E-state index contributed by atoms with van der Waals surface area (Å²) in [4.78, 5) is 30.5. The number of nitrogens with zero attached hydrogens (tertiary/aromatic N) is 2. The predicted molar refractivity (Wildman–Crippen MR) is 108 cm³/mol. The van der Waals surface area contributed by atoms with Crippen LogP contribution in [0.2, 0.25) is 0 Å². The van der Waals surface area contributed by atoms with Crippen molar-refractivity contribution in [3.63, 3.8) is 0 Å². The van der Waals surface area contributed by atoms with Crippen molar-refractivity contribution in [2.45, 2.75) is 19.8 Å². The average molecular weight is 390 g/mol. The molecule has 6 heteroatoms. The molecule has 0 unspecified atom stereocenters. The molecule has 1 aliphatic heterocycles. The number of oxazole rings is 1. The van der Waals surface area contributed by atoms with Crippen LogP contribution in [0.3, 0.4) is 0 Å². The predicted octanol–water partition coefficient (Wildman–Crippen LogP) is 4.25. The highest BCUT2D eigenvalue weighted by molar-refractivity contribution is 6.00. The van der Waals surface area contributed by atoms with Crippen LogP contribution >= 0.6 is 0 Å². The highest BCUT2D eigenvalue weighted by Gasteiger charge is 2.30. The number of carboxylic acids is 1. The van der Waals surface area contributed by atoms with E-state index in [1.54, 1.807) is 29.3 Å². The van der Waals surface area contributed by atoms with E-state index in [4.69, 9.17) is 4.42 Å². The molecule has 0 spiro atoms. The third kappa shape index (κ3) is 3.92. The lowest BCUT2D eigenvalue weighted by Crippen LogP contribution is -2.42. The van der Waals surface area contributed by atoms with E-state index in [0.717, 1.165) is 11.1 Å². The molecule has 0 aliphatic carbocycles. The van der Waals surface area contributed by atoms with Gasteiger partial charge in [0.2, 0.25) is 5.89 Å². The van der Waals surface area contributed by atoms with E-state index >= 15 is 0 Å². The maximum absolute atomic E-state index is 13.1. The Morgan fingerprint density at radius 1 is 1.14 bits per heavy atom. The molecule has 0 saturated carbocycles. The lowest BCUT2D eigenvalue weighted by Gasteiger charge is -2.31. The molecule has 1 saturated heterocycles. The molecule has 0 bridgehead atoms. The number of hydrogen-bond acceptors (Lipinski definition) is 4. The second kappa shape index (κ2) is 7.91. The Balaban J connectivity index is 1.63. The third-order valence-electron chi connectivity index (χ3n) is 5.29. The van der Waals surface area contributed by atoms with E-state index < -0.39 is 11.9 Å². The van der Waals surface area contributed by atoms with Gasteiger partial charge in [0, 0.05) is 24.2 Å². The minimum Gasteiger partial charge on any atom is -0.481 e. The number of aryl methyl sites for hydroxylation is 1. The fourth-order valence-corrected chi connectivity index (χ4v) is 3.64. The molecule has 6 nitrogen and oxygen atoms in total. The monoisotopic (exact) mass is 390 g/mol. The number of carbonyl (C=O) groups is 2. The first-order chi connectivity index (χ1) is 14.0. The number of hydrogen-bond donors (Lipinski definition) is 1. The van der Waals surface area contributed by atoms with Gasteiger partial charge in [-0.3, -0.25) is 9.59 Å². The first kappa shape index (κ1) is 18.9. The molecule has 1 aromatic heterocycles. The SMILES string of the molecule is Cc1ccc(-c2cnc(-c3ccccc3C(=O)N3CCC[C@H](C(=O)O)C3)o2)cc1. The van der Waals surface area contributed by atoms with Gasteiger partial charge in [-0.15, -0.1) is 0 Å². The molecule has 29 heavy (non-hydrogen) atoms. The van der Waals surface area contributed by atoms with Crippen molar-refractivity contribution in [3.05, 3.63) is 65.9 Å². The minimum absolute atomic E-state index is 0.193. The highest BCUT2D eigenvalue weighted by atomic mass is 16.4. The largest absolute Gasteiger partial charge is 0.481 e. The molecule has 1 N–H and O–H groups in total. The van der Waals surface area contributed by atoms with Crippen LogP contribution in [0.1, 0.15) is 28.8 Å². The van der Waals surface area contributed by atoms with E-state index in [0.29, 0.717) is 42.2 Å². The summed E-state index contributed by atoms with van der Waals surface area (Å²) in [7, 11) is 0. The van der Waals surface area contributed by atoms with Gasteiger partial charge in [-0.05, 0) is 31.9 Å². The molecule has 148 valence electrons. The quantitative estimate of drug-likeness (QED) is 0.720. The van der Waals surface area contributed by atoms with Crippen LogP contribution in [-0.4, -0.2) is 40.0 Å². The van der Waals surface area contributed by atoms with Gasteiger partial charge in [-0.25, -0.2) is 4.98 Å². The summed E-state index contributed by atoms with van der Waals surface area (Å²) >= 11 is 0. The Morgan fingerprint density at radius 3 is 2.66 bits per heavy atom. The van der Waals surface area contributed by atoms with Gasteiger partial charge < -0.3 is 14.4 Å². The molecular weight excluding hydrogens is 368 g/mol. The van der Waals surface area contributed by atoms with E-state index in [2.05, 4.69) is 4.98 Å². The van der Waals surface area contributed by atoms with Crippen molar-refractivity contribution in [2.24, 2.45) is 5.92 Å². The van der Waals surface area contributed by atoms with Gasteiger partial charge in [0.05, 0.1) is 17.7 Å². The Kier molecular flexibility index (Phi) is 5.16. The highest BCUT2D eigenvalue weighted by Crippen LogP contribution is 2.30. The normalized spacial score (nSPS) is 16.6. The number of amides is 1. The average Bonchev–Trinajstić information content (AvgIpc) is 3.24. The maximum atomic E-state index is 13.1. The van der Waals surface area contributed by atoms with Crippen LogP contribution in [0.15, 0.2) is 59.1 Å². The molecule has 1 fully saturated rings. The summed E-state index contributed by atoms with van der Waals surface area (Å²) < 4.78 is 5.96. The summed E-state index contributed by atoms with van der Waals surface area (Å²) in [6, 6.07) is 15.1. The Morgan fingerprint density at radius 2 is 1.90 bits per heavy atom. The lowest BCUT2D eigenvalue weighted by molar-refractivity contribution is -0.143. The minimum atomic E-state index is -0.855. The Bertz CT molecular complexity index is 1040. The van der Waals surface area contributed by atoms with Gasteiger partial charge in [0.15, 0.2) is 5.76 Å². The van der Waals surface area contributed by atoms with E-state index in [-0.39, 0.29) is 12.5 Å². The number of piperidine rings is 1. The summed E-state index contributed by atoms with van der Waals surface area (Å²) in [6.45, 7) is 2.80. The van der Waals surface area contributed by atoms with Crippen LogP contribution < -0.4 is 0 Å². The molecule has 2 heterocycles. The fraction of sp³-hybridized carbons (Fsp3) is 0.261. The smallest absolute Gasteiger partial charge is 0.308 e. The molecule has 1 aliphatic rings. The zero-order chi connectivity index (χ0) is 20.4. The van der Waals surface area contributed by atoms with Crippen LogP contribution in [0, 0.1) is 12.8 Å². The van der Waals surface area contributed by atoms with Crippen LogP contribution in [0.25, 0.3) is 22.8 Å². The molecular formula is C23H22N2O4. The number of likely N-dealkylation sites (tertiary alicyclic amines) is 1. The maximum Gasteiger partial charge on any atom is 0.308 e. The van der Waals surface area contributed by atoms with Crippen molar-refractivity contribution in [3.8, 4) is 22.8 Å². The number of aliphatic carboxylic acids is 1. The number of benzene rings is 2. The second-order valence-electron chi connectivity index (χ2n) is 7.37. The number of carboxylic acid groups (broad SMARTS) is 1. The van der Waals surface area contributed by atoms with Crippen LogP contribution in [0.5, 0.6) is 0 Å². The Hall–Kier alpha value is -3.41. The van der Waals surface area contributed by atoms with Crippen molar-refractivity contribution in [1.82, 2.24) is 9.88 Å². The summed E-state index contributed by atoms with van der Waals surface area (Å²) in [5.74, 6) is -0.565. The van der Waals surface area contributed by atoms with Gasteiger partial charge in [0.1, 0.15) is 0 Å².